The summed E-state index contributed by atoms with van der Waals surface area (Å²) in [6.07, 6.45) is 0.386. The van der Waals surface area contributed by atoms with Gasteiger partial charge in [0.15, 0.2) is 0 Å². The Morgan fingerprint density at radius 3 is 2.92 bits per heavy atom. The summed E-state index contributed by atoms with van der Waals surface area (Å²) in [4.78, 5) is 0. The number of hydrogen-bond acceptors (Lipinski definition) is 2. The van der Waals surface area contributed by atoms with Crippen molar-refractivity contribution in [2.24, 2.45) is 0 Å². The summed E-state index contributed by atoms with van der Waals surface area (Å²) in [5.41, 5.74) is 0.926. The Labute approximate surface area is 82.7 Å². The summed E-state index contributed by atoms with van der Waals surface area (Å²) in [6, 6.07) is 7.45. The Hall–Kier alpha value is -1.20. The van der Waals surface area contributed by atoms with Gasteiger partial charge in [0.2, 0.25) is 0 Å². The van der Waals surface area contributed by atoms with Crippen molar-refractivity contribution in [3.8, 4) is 11.8 Å². The van der Waals surface area contributed by atoms with Crippen LogP contribution < -0.4 is 4.74 Å². The normalized spacial score (nSPS) is 9.31. The van der Waals surface area contributed by atoms with E-state index >= 15 is 0 Å². The zero-order valence-electron chi connectivity index (χ0n) is 7.38. The second-order valence-corrected chi connectivity index (χ2v) is 2.94. The average Bonchev–Trinajstić information content (AvgIpc) is 2.12. The lowest BCUT2D eigenvalue weighted by molar-refractivity contribution is 0.340. The van der Waals surface area contributed by atoms with Gasteiger partial charge in [-0.3, -0.25) is 0 Å². The van der Waals surface area contributed by atoms with Gasteiger partial charge in [0.1, 0.15) is 5.75 Å². The minimum absolute atomic E-state index is 0.386. The molecular formula is C10H10ClNO. The number of nitriles is 1. The zero-order valence-corrected chi connectivity index (χ0v) is 8.14. The van der Waals surface area contributed by atoms with Crippen LogP contribution in [0.2, 0.25) is 5.02 Å². The van der Waals surface area contributed by atoms with E-state index in [1.165, 1.54) is 0 Å². The third-order valence-electron chi connectivity index (χ3n) is 1.58. The standard InChI is InChI=1S/C10H10ClNO/c1-2-13-10-7-8(5-6-12)3-4-9(10)11/h3-4,7H,2,5H2,1H3. The Morgan fingerprint density at radius 2 is 2.31 bits per heavy atom. The quantitative estimate of drug-likeness (QED) is 0.743. The number of ether oxygens (including phenoxy) is 1. The summed E-state index contributed by atoms with van der Waals surface area (Å²) in [7, 11) is 0. The highest BCUT2D eigenvalue weighted by atomic mass is 35.5. The van der Waals surface area contributed by atoms with E-state index in [0.717, 1.165) is 5.56 Å². The van der Waals surface area contributed by atoms with E-state index in [-0.39, 0.29) is 0 Å². The molecular weight excluding hydrogens is 186 g/mol. The van der Waals surface area contributed by atoms with Crippen molar-refractivity contribution in [2.75, 3.05) is 6.61 Å². The molecule has 68 valence electrons. The molecule has 1 aromatic rings. The molecule has 0 aliphatic heterocycles. The highest BCUT2D eigenvalue weighted by Gasteiger charge is 2.01. The highest BCUT2D eigenvalue weighted by molar-refractivity contribution is 6.32. The van der Waals surface area contributed by atoms with Crippen LogP contribution in [0.3, 0.4) is 0 Å². The summed E-state index contributed by atoms with van der Waals surface area (Å²) < 4.78 is 5.28. The smallest absolute Gasteiger partial charge is 0.138 e. The van der Waals surface area contributed by atoms with Crippen molar-refractivity contribution in [1.29, 1.82) is 5.26 Å². The summed E-state index contributed by atoms with van der Waals surface area (Å²) in [6.45, 7) is 2.48. The predicted octanol–water partition coefficient (Wildman–Crippen LogP) is 2.80. The third-order valence-corrected chi connectivity index (χ3v) is 1.89. The Morgan fingerprint density at radius 1 is 1.54 bits per heavy atom. The molecule has 0 unspecified atom stereocenters. The van der Waals surface area contributed by atoms with Crippen LogP contribution in [-0.2, 0) is 6.42 Å². The van der Waals surface area contributed by atoms with E-state index < -0.39 is 0 Å². The van der Waals surface area contributed by atoms with Gasteiger partial charge in [0.25, 0.3) is 0 Å². The monoisotopic (exact) mass is 195 g/mol. The minimum atomic E-state index is 0.386. The van der Waals surface area contributed by atoms with Crippen LogP contribution in [0.25, 0.3) is 0 Å². The van der Waals surface area contributed by atoms with Crippen molar-refractivity contribution in [3.63, 3.8) is 0 Å². The van der Waals surface area contributed by atoms with Gasteiger partial charge in [0, 0.05) is 0 Å². The zero-order chi connectivity index (χ0) is 9.68. The lowest BCUT2D eigenvalue weighted by Crippen LogP contribution is -1.93. The van der Waals surface area contributed by atoms with Crippen molar-refractivity contribution in [2.45, 2.75) is 13.3 Å². The van der Waals surface area contributed by atoms with E-state index in [0.29, 0.717) is 23.8 Å². The molecule has 2 nitrogen and oxygen atoms in total. The van der Waals surface area contributed by atoms with Gasteiger partial charge in [-0.1, -0.05) is 17.7 Å². The van der Waals surface area contributed by atoms with Crippen LogP contribution in [0.15, 0.2) is 18.2 Å². The van der Waals surface area contributed by atoms with E-state index in [9.17, 15) is 0 Å². The molecule has 0 radical (unpaired) electrons. The number of hydrogen-bond donors (Lipinski definition) is 0. The molecule has 0 heterocycles. The lowest BCUT2D eigenvalue weighted by Gasteiger charge is -2.06. The van der Waals surface area contributed by atoms with Crippen LogP contribution in [0, 0.1) is 11.3 Å². The third kappa shape index (κ3) is 2.64. The van der Waals surface area contributed by atoms with Crippen LogP contribution in [0.1, 0.15) is 12.5 Å². The molecule has 0 amide bonds. The molecule has 0 aliphatic carbocycles. The number of nitrogens with zero attached hydrogens (tertiary/aromatic N) is 1. The van der Waals surface area contributed by atoms with E-state index in [1.807, 2.05) is 13.0 Å². The highest BCUT2D eigenvalue weighted by Crippen LogP contribution is 2.25. The number of halogens is 1. The van der Waals surface area contributed by atoms with Crippen molar-refractivity contribution in [3.05, 3.63) is 28.8 Å². The van der Waals surface area contributed by atoms with Crippen molar-refractivity contribution < 1.29 is 4.74 Å². The molecule has 0 bridgehead atoms. The van der Waals surface area contributed by atoms with E-state index in [1.54, 1.807) is 12.1 Å². The van der Waals surface area contributed by atoms with Gasteiger partial charge in [-0.05, 0) is 24.6 Å². The predicted molar refractivity (Wildman–Crippen MR) is 51.9 cm³/mol. The van der Waals surface area contributed by atoms with Gasteiger partial charge in [-0.2, -0.15) is 5.26 Å². The Kier molecular flexibility index (Phi) is 3.60. The molecule has 0 aromatic heterocycles. The molecule has 0 aliphatic rings. The van der Waals surface area contributed by atoms with Gasteiger partial charge >= 0.3 is 0 Å². The first-order valence-corrected chi connectivity index (χ1v) is 4.44. The van der Waals surface area contributed by atoms with Gasteiger partial charge < -0.3 is 4.74 Å². The second-order valence-electron chi connectivity index (χ2n) is 2.53. The summed E-state index contributed by atoms with van der Waals surface area (Å²) >= 11 is 5.87. The molecule has 0 N–H and O–H groups in total. The number of benzene rings is 1. The van der Waals surface area contributed by atoms with Gasteiger partial charge in [-0.15, -0.1) is 0 Å². The maximum Gasteiger partial charge on any atom is 0.138 e. The first-order valence-electron chi connectivity index (χ1n) is 4.06. The first kappa shape index (κ1) is 9.88. The molecule has 0 fully saturated rings. The topological polar surface area (TPSA) is 33.0 Å². The molecule has 0 saturated heterocycles. The van der Waals surface area contributed by atoms with Gasteiger partial charge in [-0.25, -0.2) is 0 Å². The fourth-order valence-electron chi connectivity index (χ4n) is 1.02. The molecule has 1 rings (SSSR count). The van der Waals surface area contributed by atoms with E-state index in [2.05, 4.69) is 6.07 Å². The van der Waals surface area contributed by atoms with Crippen molar-refractivity contribution in [1.82, 2.24) is 0 Å². The van der Waals surface area contributed by atoms with Crippen LogP contribution in [-0.4, -0.2) is 6.61 Å². The summed E-state index contributed by atoms with van der Waals surface area (Å²) in [5, 5.41) is 9.07. The van der Waals surface area contributed by atoms with E-state index in [4.69, 9.17) is 21.6 Å². The van der Waals surface area contributed by atoms with Gasteiger partial charge in [0.05, 0.1) is 24.1 Å². The molecule has 0 spiro atoms. The van der Waals surface area contributed by atoms with Crippen molar-refractivity contribution >= 4 is 11.6 Å². The maximum absolute atomic E-state index is 8.49. The summed E-state index contributed by atoms with van der Waals surface area (Å²) in [5.74, 6) is 0.650. The second kappa shape index (κ2) is 4.74. The Balaban J connectivity index is 2.91. The molecule has 0 atom stereocenters. The fraction of sp³-hybridized carbons (Fsp3) is 0.300. The van der Waals surface area contributed by atoms with Crippen LogP contribution in [0.5, 0.6) is 5.75 Å². The maximum atomic E-state index is 8.49. The average molecular weight is 196 g/mol. The Bertz CT molecular complexity index is 330. The fourth-order valence-corrected chi connectivity index (χ4v) is 1.19. The number of rotatable bonds is 3. The first-order chi connectivity index (χ1) is 6.27. The molecule has 0 saturated carbocycles. The van der Waals surface area contributed by atoms with Crippen LogP contribution >= 0.6 is 11.6 Å². The lowest BCUT2D eigenvalue weighted by atomic mass is 10.1. The minimum Gasteiger partial charge on any atom is -0.492 e. The largest absolute Gasteiger partial charge is 0.492 e. The molecule has 1 aromatic carbocycles. The molecule has 3 heteroatoms. The molecule has 13 heavy (non-hydrogen) atoms. The van der Waals surface area contributed by atoms with Crippen LogP contribution in [0.4, 0.5) is 0 Å². The SMILES string of the molecule is CCOc1cc(CC#N)ccc1Cl.